The number of rotatable bonds is 6. The van der Waals surface area contributed by atoms with Crippen molar-refractivity contribution in [2.24, 2.45) is 0 Å². The van der Waals surface area contributed by atoms with E-state index in [2.05, 4.69) is 21.5 Å². The molecule has 14 heteroatoms. The number of nitrogens with zero attached hydrogens (tertiary/aromatic N) is 6. The number of fused-ring (bicyclic) bond motifs is 1. The number of phenols is 1. The Morgan fingerprint density at radius 2 is 1.98 bits per heavy atom. The molecule has 11 nitrogen and oxygen atoms in total. The van der Waals surface area contributed by atoms with Gasteiger partial charge in [0.25, 0.3) is 0 Å². The van der Waals surface area contributed by atoms with Crippen LogP contribution in [-0.2, 0) is 14.6 Å². The first-order chi connectivity index (χ1) is 20.5. The Kier molecular flexibility index (Phi) is 7.17. The average molecular weight is 625 g/mol. The number of piperazine rings is 1. The molecule has 3 aromatic heterocycles. The Labute approximate surface area is 250 Å². The fourth-order valence-corrected chi connectivity index (χ4v) is 7.45. The van der Waals surface area contributed by atoms with Gasteiger partial charge in [-0.25, -0.2) is 27.2 Å². The summed E-state index contributed by atoms with van der Waals surface area (Å²) in [5.74, 6) is -1.23. The number of anilines is 1. The van der Waals surface area contributed by atoms with Crippen molar-refractivity contribution >= 4 is 44.2 Å². The van der Waals surface area contributed by atoms with Crippen molar-refractivity contribution in [3.8, 4) is 22.7 Å². The van der Waals surface area contributed by atoms with Crippen LogP contribution in [-0.4, -0.2) is 74.8 Å². The lowest BCUT2D eigenvalue weighted by Crippen LogP contribution is -2.54. The number of carbonyl (C=O) groups is 1. The molecule has 1 amide bonds. The van der Waals surface area contributed by atoms with Crippen LogP contribution in [0.5, 0.6) is 5.75 Å². The number of sulfone groups is 1. The number of phenolic OH excluding ortho intramolecular Hbond substituents is 1. The van der Waals surface area contributed by atoms with Crippen LogP contribution >= 0.6 is 11.6 Å². The highest BCUT2D eigenvalue weighted by atomic mass is 35.5. The maximum atomic E-state index is 15.0. The van der Waals surface area contributed by atoms with Crippen LogP contribution in [0.25, 0.3) is 28.0 Å². The van der Waals surface area contributed by atoms with E-state index in [-0.39, 0.29) is 55.7 Å². The molecule has 1 atom stereocenters. The van der Waals surface area contributed by atoms with E-state index < -0.39 is 32.3 Å². The van der Waals surface area contributed by atoms with Gasteiger partial charge in [0, 0.05) is 31.9 Å². The third-order valence-corrected chi connectivity index (χ3v) is 10.3. The second kappa shape index (κ2) is 10.7. The van der Waals surface area contributed by atoms with E-state index in [4.69, 9.17) is 11.6 Å². The van der Waals surface area contributed by atoms with Crippen molar-refractivity contribution in [3.63, 3.8) is 0 Å². The number of pyridine rings is 2. The summed E-state index contributed by atoms with van der Waals surface area (Å²) in [7, 11) is -3.81. The van der Waals surface area contributed by atoms with Gasteiger partial charge in [-0.15, -0.1) is 0 Å². The molecule has 0 radical (unpaired) electrons. The lowest BCUT2D eigenvalue weighted by Gasteiger charge is -2.40. The predicted molar refractivity (Wildman–Crippen MR) is 159 cm³/mol. The van der Waals surface area contributed by atoms with Gasteiger partial charge >= 0.3 is 5.69 Å². The molecule has 2 aliphatic rings. The Morgan fingerprint density at radius 3 is 2.65 bits per heavy atom. The molecule has 0 spiro atoms. The number of carbonyl (C=O) groups excluding carboxylic acids is 1. The molecular weight excluding hydrogens is 599 g/mol. The molecule has 1 saturated heterocycles. The second-order valence-corrected chi connectivity index (χ2v) is 13.1. The highest BCUT2D eigenvalue weighted by molar-refractivity contribution is 7.92. The van der Waals surface area contributed by atoms with Crippen LogP contribution in [0.3, 0.4) is 0 Å². The van der Waals surface area contributed by atoms with Crippen molar-refractivity contribution in [3.05, 3.63) is 76.7 Å². The van der Waals surface area contributed by atoms with Gasteiger partial charge in [0.2, 0.25) is 5.91 Å². The van der Waals surface area contributed by atoms with Gasteiger partial charge in [0.05, 0.1) is 43.7 Å². The monoisotopic (exact) mass is 624 g/mol. The average Bonchev–Trinajstić information content (AvgIpc) is 3.84. The predicted octanol–water partition coefficient (Wildman–Crippen LogP) is 3.50. The van der Waals surface area contributed by atoms with Gasteiger partial charge in [-0.2, -0.15) is 4.98 Å². The molecule has 6 rings (SSSR count). The van der Waals surface area contributed by atoms with Crippen LogP contribution in [0.4, 0.5) is 10.2 Å². The maximum absolute atomic E-state index is 15.0. The zero-order chi connectivity index (χ0) is 30.6. The summed E-state index contributed by atoms with van der Waals surface area (Å²) in [6.07, 6.45) is 4.81. The largest absolute Gasteiger partial charge is 0.507 e. The topological polar surface area (TPSA) is 139 Å². The summed E-state index contributed by atoms with van der Waals surface area (Å²) in [6.45, 7) is 6.38. The van der Waals surface area contributed by atoms with Crippen molar-refractivity contribution < 1.29 is 22.7 Å². The van der Waals surface area contributed by atoms with Gasteiger partial charge in [-0.1, -0.05) is 24.2 Å². The standard InChI is InChI=1S/C29H26ClFN6O5S/c1-3-24(39)35-11-12-36(16(2)15-35)27-18-13-19(30)26(25-20(31)5-4-6-22(25)38)33-28(18)37(29(40)34-27)21-14-32-10-9-23(21)43(41,42)17-7-8-17/h3-6,9-10,13-14,16-17,38H,1,7-8,11-12,15H2,2H3/t16-/m0/s1. The minimum Gasteiger partial charge on any atom is -0.507 e. The highest BCUT2D eigenvalue weighted by Crippen LogP contribution is 2.40. The first-order valence-electron chi connectivity index (χ1n) is 13.5. The molecule has 1 aliphatic heterocycles. The van der Waals surface area contributed by atoms with Crippen molar-refractivity contribution in [1.29, 1.82) is 0 Å². The lowest BCUT2D eigenvalue weighted by molar-refractivity contribution is -0.126. The minimum absolute atomic E-state index is 0.0358. The van der Waals surface area contributed by atoms with Crippen LogP contribution in [0.15, 0.2) is 65.1 Å². The Morgan fingerprint density at radius 1 is 1.21 bits per heavy atom. The number of hydrogen-bond donors (Lipinski definition) is 1. The third-order valence-electron chi connectivity index (χ3n) is 7.69. The molecule has 0 unspecified atom stereocenters. The van der Waals surface area contributed by atoms with E-state index in [9.17, 15) is 23.1 Å². The number of halogens is 2. The van der Waals surface area contributed by atoms with Gasteiger partial charge in [0.15, 0.2) is 15.5 Å². The summed E-state index contributed by atoms with van der Waals surface area (Å²) >= 11 is 6.66. The molecule has 1 aromatic carbocycles. The van der Waals surface area contributed by atoms with Crippen molar-refractivity contribution in [2.75, 3.05) is 24.5 Å². The van der Waals surface area contributed by atoms with E-state index in [1.54, 1.807) is 4.90 Å². The van der Waals surface area contributed by atoms with Gasteiger partial charge in [-0.3, -0.25) is 9.78 Å². The molecule has 0 bridgehead atoms. The molecule has 2 fully saturated rings. The number of aromatic nitrogens is 4. The minimum atomic E-state index is -3.81. The third kappa shape index (κ3) is 4.91. The maximum Gasteiger partial charge on any atom is 0.355 e. The molecule has 1 aliphatic carbocycles. The number of amides is 1. The van der Waals surface area contributed by atoms with E-state index >= 15 is 4.39 Å². The smallest absolute Gasteiger partial charge is 0.355 e. The molecule has 222 valence electrons. The first kappa shape index (κ1) is 28.7. The zero-order valence-corrected chi connectivity index (χ0v) is 24.5. The van der Waals surface area contributed by atoms with Gasteiger partial charge in [0.1, 0.15) is 17.4 Å². The van der Waals surface area contributed by atoms with E-state index in [1.807, 2.05) is 11.8 Å². The molecule has 43 heavy (non-hydrogen) atoms. The molecule has 1 saturated carbocycles. The lowest BCUT2D eigenvalue weighted by atomic mass is 10.1. The number of aromatic hydroxyl groups is 1. The summed E-state index contributed by atoms with van der Waals surface area (Å²) in [5.41, 5.74) is -1.41. The molecule has 4 aromatic rings. The van der Waals surface area contributed by atoms with Crippen LogP contribution in [0.1, 0.15) is 19.8 Å². The zero-order valence-electron chi connectivity index (χ0n) is 22.9. The van der Waals surface area contributed by atoms with Crippen molar-refractivity contribution in [1.82, 2.24) is 24.4 Å². The quantitative estimate of drug-likeness (QED) is 0.319. The normalized spacial score (nSPS) is 17.3. The van der Waals surface area contributed by atoms with E-state index in [1.165, 1.54) is 42.7 Å². The fourth-order valence-electron chi connectivity index (χ4n) is 5.41. The van der Waals surface area contributed by atoms with E-state index in [0.717, 1.165) is 10.6 Å². The fraction of sp³-hybridized carbons (Fsp3) is 0.276. The van der Waals surface area contributed by atoms with Gasteiger partial charge < -0.3 is 14.9 Å². The number of hydrogen-bond acceptors (Lipinski definition) is 9. The summed E-state index contributed by atoms with van der Waals surface area (Å²) in [4.78, 5) is 42.5. The van der Waals surface area contributed by atoms with Crippen LogP contribution in [0.2, 0.25) is 5.02 Å². The van der Waals surface area contributed by atoms with Gasteiger partial charge in [-0.05, 0) is 50.1 Å². The van der Waals surface area contributed by atoms with E-state index in [0.29, 0.717) is 32.5 Å². The van der Waals surface area contributed by atoms with Crippen LogP contribution in [0, 0.1) is 5.82 Å². The summed E-state index contributed by atoms with van der Waals surface area (Å²) in [6, 6.07) is 6.23. The molecular formula is C29H26ClFN6O5S. The Bertz CT molecular complexity index is 1960. The summed E-state index contributed by atoms with van der Waals surface area (Å²) < 4.78 is 42.8. The molecule has 1 N–H and O–H groups in total. The summed E-state index contributed by atoms with van der Waals surface area (Å²) in [5, 5.41) is 10.2. The first-order valence-corrected chi connectivity index (χ1v) is 15.4. The Hall–Kier alpha value is -4.36. The SMILES string of the molecule is C=CC(=O)N1CCN(c2nc(=O)n(-c3cnccc3S(=O)(=O)C3CC3)c3nc(-c4c(O)cccc4F)c(Cl)cc23)[C@@H](C)C1. The Balaban J connectivity index is 1.64. The molecule has 4 heterocycles. The number of benzene rings is 1. The van der Waals surface area contributed by atoms with Crippen LogP contribution < -0.4 is 10.6 Å². The second-order valence-electron chi connectivity index (χ2n) is 10.5. The highest BCUT2D eigenvalue weighted by Gasteiger charge is 2.39. The van der Waals surface area contributed by atoms with Crippen molar-refractivity contribution in [2.45, 2.75) is 36.0 Å².